The molecule has 2 rings (SSSR count). The number of hydrogen-bond acceptors (Lipinski definition) is 3. The number of ether oxygens (including phenoxy) is 1. The molecule has 0 radical (unpaired) electrons. The molecular formula is C26H41ClN2O3. The predicted molar refractivity (Wildman–Crippen MR) is 131 cm³/mol. The number of carbonyl (C=O) groups excluding carboxylic acids is 2. The van der Waals surface area contributed by atoms with Gasteiger partial charge in [-0.05, 0) is 81.5 Å². The first kappa shape index (κ1) is 26.5. The van der Waals surface area contributed by atoms with Gasteiger partial charge in [0.05, 0.1) is 0 Å². The molecule has 3 unspecified atom stereocenters. The van der Waals surface area contributed by atoms with Crippen molar-refractivity contribution in [1.82, 2.24) is 10.2 Å². The van der Waals surface area contributed by atoms with E-state index in [9.17, 15) is 9.59 Å². The van der Waals surface area contributed by atoms with Gasteiger partial charge in [0.25, 0.3) is 5.91 Å². The number of likely N-dealkylation sites (tertiary alicyclic amines) is 1. The minimum atomic E-state index is -0.525. The van der Waals surface area contributed by atoms with Crippen molar-refractivity contribution in [2.75, 3.05) is 6.54 Å². The lowest BCUT2D eigenvalue weighted by Crippen LogP contribution is -2.56. The largest absolute Gasteiger partial charge is 0.444 e. The van der Waals surface area contributed by atoms with Crippen LogP contribution in [-0.2, 0) is 4.74 Å². The summed E-state index contributed by atoms with van der Waals surface area (Å²) in [4.78, 5) is 27.8. The summed E-state index contributed by atoms with van der Waals surface area (Å²) in [5, 5.41) is 3.91. The van der Waals surface area contributed by atoms with E-state index in [2.05, 4.69) is 39.9 Å². The fraction of sp³-hybridized carbons (Fsp3) is 0.692. The molecule has 32 heavy (non-hydrogen) atoms. The molecule has 6 heteroatoms. The number of halogens is 1. The molecule has 1 aromatic carbocycles. The Morgan fingerprint density at radius 2 is 1.72 bits per heavy atom. The van der Waals surface area contributed by atoms with Gasteiger partial charge in [-0.2, -0.15) is 0 Å². The van der Waals surface area contributed by atoms with Crippen LogP contribution >= 0.6 is 11.6 Å². The van der Waals surface area contributed by atoms with Crippen LogP contribution in [0.3, 0.4) is 0 Å². The Hall–Kier alpha value is -1.75. The number of piperidine rings is 1. The number of nitrogens with one attached hydrogen (secondary N) is 1. The normalized spacial score (nSPS) is 20.8. The number of amides is 2. The molecule has 1 heterocycles. The molecule has 1 aliphatic rings. The third-order valence-electron chi connectivity index (χ3n) is 5.99. The van der Waals surface area contributed by atoms with Crippen molar-refractivity contribution in [3.8, 4) is 0 Å². The molecule has 0 aromatic heterocycles. The second kappa shape index (κ2) is 10.5. The van der Waals surface area contributed by atoms with Gasteiger partial charge in [0.1, 0.15) is 5.60 Å². The third kappa shape index (κ3) is 7.68. The lowest BCUT2D eigenvalue weighted by atomic mass is 9.74. The Kier molecular flexibility index (Phi) is 8.66. The SMILES string of the molecule is CC(C)CC(NC(=O)c1ccc(Cl)cc1)C1CCN(C(=O)OC(C)(C)C)C(C(C)(C)C)C1. The van der Waals surface area contributed by atoms with Crippen molar-refractivity contribution in [1.29, 1.82) is 0 Å². The Balaban J connectivity index is 2.21. The van der Waals surface area contributed by atoms with E-state index in [1.54, 1.807) is 24.3 Å². The van der Waals surface area contributed by atoms with Gasteiger partial charge >= 0.3 is 6.09 Å². The van der Waals surface area contributed by atoms with E-state index in [0.717, 1.165) is 19.3 Å². The standard InChI is InChI=1S/C26H41ClN2O3/c1-17(2)15-21(28-23(30)18-9-11-20(27)12-10-18)19-13-14-29(22(16-19)25(3,4)5)24(31)32-26(6,7)8/h9-12,17,19,21-22H,13-16H2,1-8H3,(H,28,30). The third-order valence-corrected chi connectivity index (χ3v) is 6.24. The Bertz CT molecular complexity index is 778. The molecule has 2 amide bonds. The number of carbonyl (C=O) groups is 2. The van der Waals surface area contributed by atoms with Gasteiger partial charge in [0.2, 0.25) is 0 Å². The molecule has 0 saturated carbocycles. The summed E-state index contributed by atoms with van der Waals surface area (Å²) in [5.74, 6) is 0.660. The molecule has 5 nitrogen and oxygen atoms in total. The van der Waals surface area contributed by atoms with Gasteiger partial charge in [0, 0.05) is 29.2 Å². The maximum absolute atomic E-state index is 13.0. The molecule has 1 fully saturated rings. The molecular weight excluding hydrogens is 424 g/mol. The first-order valence-corrected chi connectivity index (χ1v) is 12.1. The summed E-state index contributed by atoms with van der Waals surface area (Å²) in [5.41, 5.74) is -0.0111. The highest BCUT2D eigenvalue weighted by molar-refractivity contribution is 6.30. The smallest absolute Gasteiger partial charge is 0.410 e. The van der Waals surface area contributed by atoms with E-state index >= 15 is 0 Å². The summed E-state index contributed by atoms with van der Waals surface area (Å²) in [6.45, 7) is 17.2. The van der Waals surface area contributed by atoms with Gasteiger partial charge in [-0.25, -0.2) is 4.79 Å². The monoisotopic (exact) mass is 464 g/mol. The van der Waals surface area contributed by atoms with Crippen molar-refractivity contribution in [3.05, 3.63) is 34.9 Å². The second-order valence-corrected chi connectivity index (χ2v) is 12.0. The molecule has 0 aliphatic carbocycles. The van der Waals surface area contributed by atoms with Crippen LogP contribution in [0.2, 0.25) is 5.02 Å². The predicted octanol–water partition coefficient (Wildman–Crippen LogP) is 6.55. The van der Waals surface area contributed by atoms with Crippen molar-refractivity contribution in [2.45, 2.75) is 92.3 Å². The average molecular weight is 465 g/mol. The molecule has 0 bridgehead atoms. The maximum atomic E-state index is 13.0. The van der Waals surface area contributed by atoms with Crippen LogP contribution in [0.1, 0.15) is 85.0 Å². The average Bonchev–Trinajstić information content (AvgIpc) is 2.65. The second-order valence-electron chi connectivity index (χ2n) is 11.6. The van der Waals surface area contributed by atoms with Gasteiger partial charge in [-0.15, -0.1) is 0 Å². The highest BCUT2D eigenvalue weighted by Gasteiger charge is 2.42. The highest BCUT2D eigenvalue weighted by Crippen LogP contribution is 2.37. The summed E-state index contributed by atoms with van der Waals surface area (Å²) in [7, 11) is 0. The summed E-state index contributed by atoms with van der Waals surface area (Å²) in [6, 6.07) is 7.08. The zero-order valence-corrected chi connectivity index (χ0v) is 21.8. The fourth-order valence-electron chi connectivity index (χ4n) is 4.45. The van der Waals surface area contributed by atoms with Crippen LogP contribution in [0.15, 0.2) is 24.3 Å². The van der Waals surface area contributed by atoms with Crippen molar-refractivity contribution < 1.29 is 14.3 Å². The van der Waals surface area contributed by atoms with Gasteiger partial charge in [-0.3, -0.25) is 4.79 Å². The quantitative estimate of drug-likeness (QED) is 0.537. The first-order valence-electron chi connectivity index (χ1n) is 11.7. The molecule has 1 saturated heterocycles. The van der Waals surface area contributed by atoms with Crippen LogP contribution in [0.25, 0.3) is 0 Å². The van der Waals surface area contributed by atoms with E-state index in [0.29, 0.717) is 23.0 Å². The van der Waals surface area contributed by atoms with E-state index in [-0.39, 0.29) is 35.4 Å². The molecule has 1 N–H and O–H groups in total. The number of rotatable bonds is 5. The maximum Gasteiger partial charge on any atom is 0.410 e. The summed E-state index contributed by atoms with van der Waals surface area (Å²) >= 11 is 5.98. The van der Waals surface area contributed by atoms with E-state index in [1.807, 2.05) is 25.7 Å². The topological polar surface area (TPSA) is 58.6 Å². The Labute approximate surface area is 199 Å². The van der Waals surface area contributed by atoms with Gasteiger partial charge < -0.3 is 15.0 Å². The fourth-order valence-corrected chi connectivity index (χ4v) is 4.57. The first-order chi connectivity index (χ1) is 14.7. The van der Waals surface area contributed by atoms with Crippen LogP contribution in [0.4, 0.5) is 4.79 Å². The van der Waals surface area contributed by atoms with Crippen LogP contribution in [0, 0.1) is 17.3 Å². The van der Waals surface area contributed by atoms with Crippen molar-refractivity contribution >= 4 is 23.6 Å². The highest BCUT2D eigenvalue weighted by atomic mass is 35.5. The summed E-state index contributed by atoms with van der Waals surface area (Å²) < 4.78 is 5.70. The minimum Gasteiger partial charge on any atom is -0.444 e. The van der Waals surface area contributed by atoms with Crippen LogP contribution < -0.4 is 5.32 Å². The number of hydrogen-bond donors (Lipinski definition) is 1. The van der Waals surface area contributed by atoms with Crippen molar-refractivity contribution in [2.24, 2.45) is 17.3 Å². The van der Waals surface area contributed by atoms with E-state index in [4.69, 9.17) is 16.3 Å². The molecule has 180 valence electrons. The van der Waals surface area contributed by atoms with Crippen molar-refractivity contribution in [3.63, 3.8) is 0 Å². The lowest BCUT2D eigenvalue weighted by Gasteiger charge is -2.47. The zero-order valence-electron chi connectivity index (χ0n) is 21.0. The molecule has 0 spiro atoms. The zero-order chi connectivity index (χ0) is 24.3. The minimum absolute atomic E-state index is 0.0400. The number of benzene rings is 1. The van der Waals surface area contributed by atoms with Gasteiger partial charge in [-0.1, -0.05) is 46.2 Å². The summed E-state index contributed by atoms with van der Waals surface area (Å²) in [6.07, 6.45) is 2.32. The number of nitrogens with zero attached hydrogens (tertiary/aromatic N) is 1. The van der Waals surface area contributed by atoms with E-state index < -0.39 is 5.60 Å². The van der Waals surface area contributed by atoms with Crippen LogP contribution in [-0.4, -0.2) is 41.1 Å². The Morgan fingerprint density at radius 3 is 2.22 bits per heavy atom. The van der Waals surface area contributed by atoms with E-state index in [1.165, 1.54) is 0 Å². The van der Waals surface area contributed by atoms with Gasteiger partial charge in [0.15, 0.2) is 0 Å². The lowest BCUT2D eigenvalue weighted by molar-refractivity contribution is -0.0190. The Morgan fingerprint density at radius 1 is 1.12 bits per heavy atom. The molecule has 1 aliphatic heterocycles. The molecule has 3 atom stereocenters. The van der Waals surface area contributed by atoms with Crippen LogP contribution in [0.5, 0.6) is 0 Å². The molecule has 1 aromatic rings.